The summed E-state index contributed by atoms with van der Waals surface area (Å²) in [4.78, 5) is 15.1. The number of nitrogens with two attached hydrogens (primary N) is 1. The number of benzene rings is 2. The van der Waals surface area contributed by atoms with E-state index in [9.17, 15) is 13.2 Å². The molecule has 1 amide bonds. The summed E-state index contributed by atoms with van der Waals surface area (Å²) in [5, 5.41) is 5.27. The van der Waals surface area contributed by atoms with Crippen LogP contribution >= 0.6 is 15.9 Å². The van der Waals surface area contributed by atoms with Gasteiger partial charge in [-0.25, -0.2) is 13.6 Å². The molecule has 0 saturated carbocycles. The summed E-state index contributed by atoms with van der Waals surface area (Å²) in [6.45, 7) is 1.99. The van der Waals surface area contributed by atoms with Crippen LogP contribution in [0.5, 0.6) is 0 Å². The Labute approximate surface area is 161 Å². The minimum atomic E-state index is -3.80. The standard InChI is InChI=1S/C19H19BrN2O3S/c1-11-6-13-3-5-17(26(21,24)25)10-18(13)22(11)19(23)15-7-12-2-4-16(20)9-14(12)8-15/h2-5,9-11,15H,6-8H2,1H3,(H2,21,24,25)/t11?,15-/m1/s1. The van der Waals surface area contributed by atoms with E-state index in [0.29, 0.717) is 12.1 Å². The SMILES string of the molecule is CC1Cc2ccc(S(N)(=O)=O)cc2N1C(=O)[C@@H]1Cc2ccc(Br)cc2C1. The van der Waals surface area contributed by atoms with Gasteiger partial charge in [0.05, 0.1) is 4.90 Å². The normalized spacial score (nSPS) is 21.6. The second kappa shape index (κ2) is 6.18. The molecule has 0 spiro atoms. The zero-order valence-corrected chi connectivity index (χ0v) is 16.7. The lowest BCUT2D eigenvalue weighted by atomic mass is 10.0. The number of hydrogen-bond donors (Lipinski definition) is 1. The zero-order valence-electron chi connectivity index (χ0n) is 14.3. The average Bonchev–Trinajstić information content (AvgIpc) is 3.12. The Hall–Kier alpha value is -1.70. The van der Waals surface area contributed by atoms with Gasteiger partial charge in [-0.1, -0.05) is 28.1 Å². The van der Waals surface area contributed by atoms with Gasteiger partial charge in [0.2, 0.25) is 15.9 Å². The molecular weight excluding hydrogens is 416 g/mol. The van der Waals surface area contributed by atoms with Crippen molar-refractivity contribution in [2.24, 2.45) is 11.1 Å². The molecular formula is C19H19BrN2O3S. The fraction of sp³-hybridized carbons (Fsp3) is 0.316. The Morgan fingerprint density at radius 3 is 2.50 bits per heavy atom. The molecule has 1 unspecified atom stereocenters. The number of fused-ring (bicyclic) bond motifs is 2. The molecule has 0 radical (unpaired) electrons. The summed E-state index contributed by atoms with van der Waals surface area (Å²) in [5.74, 6) is -0.0685. The van der Waals surface area contributed by atoms with E-state index in [-0.39, 0.29) is 22.8 Å². The monoisotopic (exact) mass is 434 g/mol. The van der Waals surface area contributed by atoms with Crippen LogP contribution in [0.15, 0.2) is 45.8 Å². The molecule has 2 aliphatic rings. The zero-order chi connectivity index (χ0) is 18.6. The van der Waals surface area contributed by atoms with Gasteiger partial charge in [-0.2, -0.15) is 0 Å². The van der Waals surface area contributed by atoms with Crippen molar-refractivity contribution in [2.75, 3.05) is 4.90 Å². The van der Waals surface area contributed by atoms with E-state index in [4.69, 9.17) is 5.14 Å². The highest BCUT2D eigenvalue weighted by Crippen LogP contribution is 2.37. The Morgan fingerprint density at radius 2 is 1.77 bits per heavy atom. The first-order chi connectivity index (χ1) is 12.2. The highest BCUT2D eigenvalue weighted by Gasteiger charge is 2.37. The van der Waals surface area contributed by atoms with Crippen molar-refractivity contribution < 1.29 is 13.2 Å². The summed E-state index contributed by atoms with van der Waals surface area (Å²) in [5.41, 5.74) is 4.06. The molecule has 5 nitrogen and oxygen atoms in total. The predicted octanol–water partition coefficient (Wildman–Crippen LogP) is 2.79. The largest absolute Gasteiger partial charge is 0.309 e. The second-order valence-corrected chi connectivity index (χ2v) is 9.59. The highest BCUT2D eigenvalue weighted by molar-refractivity contribution is 9.10. The van der Waals surface area contributed by atoms with Gasteiger partial charge in [0.15, 0.2) is 0 Å². The van der Waals surface area contributed by atoms with Gasteiger partial charge in [-0.15, -0.1) is 0 Å². The van der Waals surface area contributed by atoms with E-state index in [1.165, 1.54) is 23.3 Å². The van der Waals surface area contributed by atoms with Crippen LogP contribution in [0.25, 0.3) is 0 Å². The molecule has 1 aliphatic carbocycles. The van der Waals surface area contributed by atoms with Crippen LogP contribution < -0.4 is 10.0 Å². The van der Waals surface area contributed by atoms with Crippen LogP contribution in [0.4, 0.5) is 5.69 Å². The maximum Gasteiger partial charge on any atom is 0.238 e. The number of anilines is 1. The molecule has 2 atom stereocenters. The molecule has 4 rings (SSSR count). The number of carbonyl (C=O) groups excluding carboxylic acids is 1. The van der Waals surface area contributed by atoms with Gasteiger partial charge in [0, 0.05) is 22.1 Å². The Kier molecular flexibility index (Phi) is 4.21. The first-order valence-electron chi connectivity index (χ1n) is 8.50. The molecule has 1 heterocycles. The summed E-state index contributed by atoms with van der Waals surface area (Å²) in [6.07, 6.45) is 2.15. The number of hydrogen-bond acceptors (Lipinski definition) is 3. The lowest BCUT2D eigenvalue weighted by Gasteiger charge is -2.26. The summed E-state index contributed by atoms with van der Waals surface area (Å²) < 4.78 is 24.4. The van der Waals surface area contributed by atoms with E-state index >= 15 is 0 Å². The van der Waals surface area contributed by atoms with Gasteiger partial charge >= 0.3 is 0 Å². The Balaban J connectivity index is 1.66. The van der Waals surface area contributed by atoms with Crippen molar-refractivity contribution in [3.05, 3.63) is 57.6 Å². The maximum absolute atomic E-state index is 13.3. The van der Waals surface area contributed by atoms with E-state index in [1.54, 1.807) is 11.0 Å². The molecule has 2 N–H and O–H groups in total. The minimum absolute atomic E-state index is 0.00340. The lowest BCUT2D eigenvalue weighted by Crippen LogP contribution is -2.40. The van der Waals surface area contributed by atoms with Gasteiger partial charge < -0.3 is 4.90 Å². The number of carbonyl (C=O) groups is 1. The van der Waals surface area contributed by atoms with E-state index < -0.39 is 10.0 Å². The number of primary sulfonamides is 1. The number of sulfonamides is 1. The van der Waals surface area contributed by atoms with Crippen molar-refractivity contribution in [3.8, 4) is 0 Å². The summed E-state index contributed by atoms with van der Waals surface area (Å²) in [6, 6.07) is 10.9. The third-order valence-corrected chi connectivity index (χ3v) is 6.69. The van der Waals surface area contributed by atoms with E-state index in [2.05, 4.69) is 28.1 Å². The van der Waals surface area contributed by atoms with Crippen molar-refractivity contribution in [2.45, 2.75) is 37.1 Å². The molecule has 0 fully saturated rings. The third-order valence-electron chi connectivity index (χ3n) is 5.29. The number of halogens is 1. The van der Waals surface area contributed by atoms with Gasteiger partial charge in [-0.05, 0) is 67.1 Å². The van der Waals surface area contributed by atoms with Crippen molar-refractivity contribution in [1.82, 2.24) is 0 Å². The van der Waals surface area contributed by atoms with E-state index in [0.717, 1.165) is 22.9 Å². The van der Waals surface area contributed by atoms with Gasteiger partial charge in [0.1, 0.15) is 0 Å². The fourth-order valence-electron chi connectivity index (χ4n) is 4.06. The Morgan fingerprint density at radius 1 is 1.08 bits per heavy atom. The third kappa shape index (κ3) is 2.98. The summed E-state index contributed by atoms with van der Waals surface area (Å²) in [7, 11) is -3.80. The smallest absolute Gasteiger partial charge is 0.238 e. The summed E-state index contributed by atoms with van der Waals surface area (Å²) >= 11 is 3.48. The second-order valence-electron chi connectivity index (χ2n) is 7.12. The van der Waals surface area contributed by atoms with Crippen LogP contribution in [0.2, 0.25) is 0 Å². The van der Waals surface area contributed by atoms with Crippen molar-refractivity contribution >= 4 is 37.5 Å². The lowest BCUT2D eigenvalue weighted by molar-refractivity contribution is -0.122. The van der Waals surface area contributed by atoms with Crippen LogP contribution in [-0.4, -0.2) is 20.4 Å². The topological polar surface area (TPSA) is 80.5 Å². The number of amides is 1. The number of nitrogens with zero attached hydrogens (tertiary/aromatic N) is 1. The molecule has 1 aliphatic heterocycles. The molecule has 136 valence electrons. The van der Waals surface area contributed by atoms with Crippen LogP contribution in [0.1, 0.15) is 23.6 Å². The fourth-order valence-corrected chi connectivity index (χ4v) is 5.00. The molecule has 2 aromatic carbocycles. The number of rotatable bonds is 2. The predicted molar refractivity (Wildman–Crippen MR) is 104 cm³/mol. The molecule has 7 heteroatoms. The van der Waals surface area contributed by atoms with Gasteiger partial charge in [-0.3, -0.25) is 4.79 Å². The van der Waals surface area contributed by atoms with Crippen molar-refractivity contribution in [3.63, 3.8) is 0 Å². The van der Waals surface area contributed by atoms with Gasteiger partial charge in [0.25, 0.3) is 0 Å². The molecule has 2 aromatic rings. The van der Waals surface area contributed by atoms with Crippen LogP contribution in [0.3, 0.4) is 0 Å². The Bertz CT molecular complexity index is 1020. The molecule has 26 heavy (non-hydrogen) atoms. The van der Waals surface area contributed by atoms with Crippen LogP contribution in [0, 0.1) is 5.92 Å². The first kappa shape index (κ1) is 17.7. The quantitative estimate of drug-likeness (QED) is 0.788. The maximum atomic E-state index is 13.3. The molecule has 0 saturated heterocycles. The minimum Gasteiger partial charge on any atom is -0.309 e. The van der Waals surface area contributed by atoms with Crippen LogP contribution in [-0.2, 0) is 34.1 Å². The van der Waals surface area contributed by atoms with Crippen molar-refractivity contribution in [1.29, 1.82) is 0 Å². The molecule has 0 bridgehead atoms. The highest BCUT2D eigenvalue weighted by atomic mass is 79.9. The first-order valence-corrected chi connectivity index (χ1v) is 10.8. The molecule has 0 aromatic heterocycles. The average molecular weight is 435 g/mol. The van der Waals surface area contributed by atoms with E-state index in [1.807, 2.05) is 13.0 Å².